The Morgan fingerprint density at radius 1 is 1.43 bits per heavy atom. The molecular weight excluding hydrogens is 347 g/mol. The molecular formula is C11H7ClF3N3OS2. The van der Waals surface area contributed by atoms with Crippen molar-refractivity contribution in [1.82, 2.24) is 10.2 Å². The summed E-state index contributed by atoms with van der Waals surface area (Å²) in [6, 6.07) is 3.21. The molecule has 4 nitrogen and oxygen atoms in total. The molecule has 0 atom stereocenters. The molecule has 0 radical (unpaired) electrons. The molecule has 1 amide bonds. The summed E-state index contributed by atoms with van der Waals surface area (Å²) in [6.07, 6.45) is -4.57. The van der Waals surface area contributed by atoms with Crippen molar-refractivity contribution in [2.24, 2.45) is 0 Å². The summed E-state index contributed by atoms with van der Waals surface area (Å²) >= 11 is 7.92. The maximum atomic E-state index is 12.7. The average Bonchev–Trinajstić information content (AvgIpc) is 2.90. The Labute approximate surface area is 130 Å². The van der Waals surface area contributed by atoms with Gasteiger partial charge in [-0.15, -0.1) is 10.2 Å². The summed E-state index contributed by atoms with van der Waals surface area (Å²) in [4.78, 5) is 11.7. The normalized spacial score (nSPS) is 11.4. The fourth-order valence-corrected chi connectivity index (χ4v) is 2.88. The number of anilines is 1. The zero-order valence-corrected chi connectivity index (χ0v) is 12.5. The van der Waals surface area contributed by atoms with Crippen LogP contribution in [-0.4, -0.2) is 21.9 Å². The van der Waals surface area contributed by atoms with Crippen LogP contribution in [0.3, 0.4) is 0 Å². The highest BCUT2D eigenvalue weighted by atomic mass is 35.5. The second-order valence-corrected chi connectivity index (χ2v) is 6.20. The topological polar surface area (TPSA) is 54.9 Å². The van der Waals surface area contributed by atoms with Gasteiger partial charge in [-0.2, -0.15) is 13.2 Å². The van der Waals surface area contributed by atoms with Crippen molar-refractivity contribution in [2.45, 2.75) is 10.5 Å². The molecule has 10 heteroatoms. The number of hydrogen-bond donors (Lipinski definition) is 1. The van der Waals surface area contributed by atoms with Gasteiger partial charge in [0.1, 0.15) is 5.51 Å². The number of carbonyl (C=O) groups excluding carboxylic acids is 1. The summed E-state index contributed by atoms with van der Waals surface area (Å²) in [7, 11) is 0. The lowest BCUT2D eigenvalue weighted by atomic mass is 10.2. The van der Waals surface area contributed by atoms with Gasteiger partial charge in [0, 0.05) is 5.69 Å². The van der Waals surface area contributed by atoms with Gasteiger partial charge in [-0.05, 0) is 18.2 Å². The van der Waals surface area contributed by atoms with Crippen LogP contribution in [0.2, 0.25) is 5.02 Å². The van der Waals surface area contributed by atoms with Gasteiger partial charge in [0.05, 0.1) is 16.3 Å². The Morgan fingerprint density at radius 3 is 2.81 bits per heavy atom. The Balaban J connectivity index is 2.01. The summed E-state index contributed by atoms with van der Waals surface area (Å²) in [5.41, 5.74) is 0.572. The molecule has 0 bridgehead atoms. The van der Waals surface area contributed by atoms with Gasteiger partial charge < -0.3 is 5.32 Å². The summed E-state index contributed by atoms with van der Waals surface area (Å²) in [6.45, 7) is 0. The van der Waals surface area contributed by atoms with Crippen LogP contribution in [-0.2, 0) is 11.0 Å². The minimum atomic E-state index is -4.57. The maximum absolute atomic E-state index is 12.7. The van der Waals surface area contributed by atoms with Crippen molar-refractivity contribution in [3.05, 3.63) is 34.3 Å². The molecule has 0 spiro atoms. The highest BCUT2D eigenvalue weighted by Crippen LogP contribution is 2.36. The molecule has 0 saturated carbocycles. The summed E-state index contributed by atoms with van der Waals surface area (Å²) in [5.74, 6) is -0.412. The van der Waals surface area contributed by atoms with Crippen molar-refractivity contribution in [2.75, 3.05) is 11.1 Å². The van der Waals surface area contributed by atoms with E-state index in [1.54, 1.807) is 0 Å². The van der Waals surface area contributed by atoms with E-state index in [1.807, 2.05) is 0 Å². The second kappa shape index (κ2) is 6.63. The van der Waals surface area contributed by atoms with E-state index in [-0.39, 0.29) is 11.4 Å². The molecule has 21 heavy (non-hydrogen) atoms. The van der Waals surface area contributed by atoms with Crippen LogP contribution in [0.5, 0.6) is 0 Å². The van der Waals surface area contributed by atoms with E-state index in [1.165, 1.54) is 22.9 Å². The van der Waals surface area contributed by atoms with Gasteiger partial charge in [0.2, 0.25) is 5.91 Å². The zero-order valence-electron chi connectivity index (χ0n) is 10.1. The van der Waals surface area contributed by atoms with Crippen LogP contribution in [0, 0.1) is 0 Å². The van der Waals surface area contributed by atoms with Crippen molar-refractivity contribution < 1.29 is 18.0 Å². The molecule has 0 saturated heterocycles. The number of nitrogens with one attached hydrogen (secondary N) is 1. The third-order valence-corrected chi connectivity index (χ3v) is 4.41. The van der Waals surface area contributed by atoms with E-state index in [0.717, 1.165) is 23.9 Å². The number of rotatable bonds is 4. The Kier molecular flexibility index (Phi) is 5.07. The number of thioether (sulfide) groups is 1. The minimum Gasteiger partial charge on any atom is -0.325 e. The molecule has 1 heterocycles. The molecule has 1 aromatic carbocycles. The van der Waals surface area contributed by atoms with Gasteiger partial charge in [-0.25, -0.2) is 0 Å². The largest absolute Gasteiger partial charge is 0.417 e. The first-order valence-electron chi connectivity index (χ1n) is 5.42. The van der Waals surface area contributed by atoms with Crippen LogP contribution in [0.1, 0.15) is 5.56 Å². The number of amides is 1. The summed E-state index contributed by atoms with van der Waals surface area (Å²) in [5, 5.41) is 9.32. The van der Waals surface area contributed by atoms with E-state index >= 15 is 0 Å². The third kappa shape index (κ3) is 4.58. The molecule has 0 unspecified atom stereocenters. The maximum Gasteiger partial charge on any atom is 0.417 e. The lowest BCUT2D eigenvalue weighted by Crippen LogP contribution is -2.15. The van der Waals surface area contributed by atoms with Crippen LogP contribution in [0.25, 0.3) is 0 Å². The molecule has 1 aromatic heterocycles. The molecule has 112 valence electrons. The Hall–Kier alpha value is -1.32. The lowest BCUT2D eigenvalue weighted by molar-refractivity contribution is -0.137. The highest BCUT2D eigenvalue weighted by molar-refractivity contribution is 8.01. The van der Waals surface area contributed by atoms with Crippen molar-refractivity contribution in [3.8, 4) is 0 Å². The van der Waals surface area contributed by atoms with E-state index in [2.05, 4.69) is 15.5 Å². The van der Waals surface area contributed by atoms with Gasteiger partial charge in [-0.3, -0.25) is 4.79 Å². The number of alkyl halides is 3. The number of aromatic nitrogens is 2. The van der Waals surface area contributed by atoms with Crippen molar-refractivity contribution >= 4 is 46.3 Å². The molecule has 1 N–H and O–H groups in total. The zero-order chi connectivity index (χ0) is 15.5. The predicted octanol–water partition coefficient (Wildman–Crippen LogP) is 3.94. The first-order valence-corrected chi connectivity index (χ1v) is 7.66. The number of hydrogen-bond acceptors (Lipinski definition) is 5. The fourth-order valence-electron chi connectivity index (χ4n) is 1.37. The van der Waals surface area contributed by atoms with Gasteiger partial charge in [-0.1, -0.05) is 34.7 Å². The smallest absolute Gasteiger partial charge is 0.325 e. The van der Waals surface area contributed by atoms with E-state index < -0.39 is 22.7 Å². The van der Waals surface area contributed by atoms with Crippen LogP contribution < -0.4 is 5.32 Å². The van der Waals surface area contributed by atoms with Gasteiger partial charge in [0.25, 0.3) is 0 Å². The first kappa shape index (κ1) is 16.1. The molecule has 0 aliphatic carbocycles. The SMILES string of the molecule is O=C(CSc1nncs1)Nc1ccc(Cl)c(C(F)(F)F)c1. The van der Waals surface area contributed by atoms with Crippen LogP contribution in [0.4, 0.5) is 18.9 Å². The molecule has 0 fully saturated rings. The number of nitrogens with zero attached hydrogens (tertiary/aromatic N) is 2. The number of halogens is 4. The van der Waals surface area contributed by atoms with E-state index in [9.17, 15) is 18.0 Å². The number of carbonyl (C=O) groups is 1. The van der Waals surface area contributed by atoms with Gasteiger partial charge in [0.15, 0.2) is 4.34 Å². The molecule has 0 aliphatic rings. The lowest BCUT2D eigenvalue weighted by Gasteiger charge is -2.11. The Morgan fingerprint density at radius 2 is 2.19 bits per heavy atom. The standard InChI is InChI=1S/C11H7ClF3N3OS2/c12-8-2-1-6(3-7(8)11(13,14)15)17-9(19)4-20-10-18-16-5-21-10/h1-3,5H,4H2,(H,17,19). The van der Waals surface area contributed by atoms with Crippen LogP contribution >= 0.6 is 34.7 Å². The van der Waals surface area contributed by atoms with E-state index in [4.69, 9.17) is 11.6 Å². The van der Waals surface area contributed by atoms with Gasteiger partial charge >= 0.3 is 6.18 Å². The summed E-state index contributed by atoms with van der Waals surface area (Å²) < 4.78 is 38.7. The quantitative estimate of drug-likeness (QED) is 0.846. The molecule has 2 rings (SSSR count). The fraction of sp³-hybridized carbons (Fsp3) is 0.182. The van der Waals surface area contributed by atoms with Crippen LogP contribution in [0.15, 0.2) is 28.0 Å². The predicted molar refractivity (Wildman–Crippen MR) is 75.7 cm³/mol. The van der Waals surface area contributed by atoms with Crippen molar-refractivity contribution in [3.63, 3.8) is 0 Å². The molecule has 2 aromatic rings. The first-order chi connectivity index (χ1) is 9.86. The highest BCUT2D eigenvalue weighted by Gasteiger charge is 2.33. The Bertz CT molecular complexity index is 634. The monoisotopic (exact) mass is 353 g/mol. The van der Waals surface area contributed by atoms with Crippen molar-refractivity contribution in [1.29, 1.82) is 0 Å². The molecule has 0 aliphatic heterocycles. The number of benzene rings is 1. The van der Waals surface area contributed by atoms with E-state index in [0.29, 0.717) is 4.34 Å². The average molecular weight is 354 g/mol. The second-order valence-electron chi connectivity index (χ2n) is 3.73. The third-order valence-electron chi connectivity index (χ3n) is 2.22. The minimum absolute atomic E-state index is 0.0270.